The van der Waals surface area contributed by atoms with E-state index in [1.165, 1.54) is 4.57 Å². The van der Waals surface area contributed by atoms with Crippen molar-refractivity contribution in [2.45, 2.75) is 6.92 Å². The topological polar surface area (TPSA) is 35.1 Å². The van der Waals surface area contributed by atoms with Crippen molar-refractivity contribution in [2.75, 3.05) is 0 Å². The van der Waals surface area contributed by atoms with Gasteiger partial charge in [-0.2, -0.15) is 0 Å². The average Bonchev–Trinajstić information content (AvgIpc) is 2.53. The van der Waals surface area contributed by atoms with Crippen molar-refractivity contribution in [3.05, 3.63) is 50.6 Å². The van der Waals surface area contributed by atoms with E-state index in [4.69, 9.17) is 16.0 Å². The highest BCUT2D eigenvalue weighted by atomic mass is 35.5. The lowest BCUT2D eigenvalue weighted by atomic mass is 10.3. The molecule has 3 nitrogen and oxygen atoms in total. The van der Waals surface area contributed by atoms with Gasteiger partial charge in [0.15, 0.2) is 5.42 Å². The van der Waals surface area contributed by atoms with Crippen LogP contribution in [0.15, 0.2) is 33.5 Å². The van der Waals surface area contributed by atoms with Crippen LogP contribution in [-0.4, -0.2) is 4.57 Å². The van der Waals surface area contributed by atoms with Crippen LogP contribution in [0.4, 0.5) is 0 Å². The van der Waals surface area contributed by atoms with E-state index in [1.54, 1.807) is 37.3 Å². The molecule has 0 aliphatic carbocycles. The van der Waals surface area contributed by atoms with Crippen LogP contribution >= 0.6 is 11.6 Å². The molecule has 1 heterocycles. The Morgan fingerprint density at radius 2 is 2.25 bits per heavy atom. The molecule has 0 fully saturated rings. The van der Waals surface area contributed by atoms with E-state index in [9.17, 15) is 4.79 Å². The van der Waals surface area contributed by atoms with Crippen molar-refractivity contribution in [1.82, 2.24) is 4.57 Å². The summed E-state index contributed by atoms with van der Waals surface area (Å²) in [6, 6.07) is 6.97. The third-order valence-corrected chi connectivity index (χ3v) is 2.50. The number of oxazole rings is 1. The van der Waals surface area contributed by atoms with E-state index in [2.05, 4.69) is 6.58 Å². The smallest absolute Gasteiger partial charge is 0.408 e. The lowest BCUT2D eigenvalue weighted by molar-refractivity contribution is 0.477. The van der Waals surface area contributed by atoms with Gasteiger partial charge >= 0.3 is 5.76 Å². The van der Waals surface area contributed by atoms with E-state index < -0.39 is 5.76 Å². The second-order valence-corrected chi connectivity index (χ2v) is 3.72. The molecule has 0 spiro atoms. The summed E-state index contributed by atoms with van der Waals surface area (Å²) in [6.07, 6.45) is 1.70. The van der Waals surface area contributed by atoms with Crippen LogP contribution in [0.25, 0.3) is 18.3 Å². The van der Waals surface area contributed by atoms with Crippen LogP contribution in [-0.2, 0) is 0 Å². The second-order valence-electron chi connectivity index (χ2n) is 3.28. The molecule has 16 heavy (non-hydrogen) atoms. The van der Waals surface area contributed by atoms with Crippen LogP contribution in [0.3, 0.4) is 0 Å². The summed E-state index contributed by atoms with van der Waals surface area (Å²) in [7, 11) is 0. The maximum atomic E-state index is 11.6. The minimum absolute atomic E-state index is 0.458. The fourth-order valence-corrected chi connectivity index (χ4v) is 1.71. The Hall–Kier alpha value is -1.74. The molecule has 0 unspecified atom stereocenters. The van der Waals surface area contributed by atoms with E-state index in [-0.39, 0.29) is 0 Å². The van der Waals surface area contributed by atoms with Crippen molar-refractivity contribution < 1.29 is 4.42 Å². The van der Waals surface area contributed by atoms with E-state index in [0.29, 0.717) is 21.5 Å². The molecule has 1 aromatic heterocycles. The molecule has 0 N–H and O–H groups in total. The predicted octanol–water partition coefficient (Wildman–Crippen LogP) is 1.29. The van der Waals surface area contributed by atoms with Crippen molar-refractivity contribution in [1.29, 1.82) is 0 Å². The van der Waals surface area contributed by atoms with Crippen LogP contribution in [0.5, 0.6) is 0 Å². The lowest BCUT2D eigenvalue weighted by Crippen LogP contribution is -2.29. The second kappa shape index (κ2) is 4.02. The quantitative estimate of drug-likeness (QED) is 0.747. The molecule has 0 amide bonds. The zero-order valence-electron chi connectivity index (χ0n) is 8.74. The SMILES string of the molecule is C=c1/c(=C/C)oc(=O)n1-c1cccc(Cl)c1. The molecule has 0 aliphatic heterocycles. The average molecular weight is 236 g/mol. The molecule has 1 aromatic carbocycles. The zero-order chi connectivity index (χ0) is 11.7. The van der Waals surface area contributed by atoms with Gasteiger partial charge in [0.1, 0.15) is 0 Å². The third-order valence-electron chi connectivity index (χ3n) is 2.26. The molecule has 0 aliphatic rings. The summed E-state index contributed by atoms with van der Waals surface area (Å²) in [5, 5.41) is 1.08. The molecule has 4 heteroatoms. The predicted molar refractivity (Wildman–Crippen MR) is 64.2 cm³/mol. The monoisotopic (exact) mass is 235 g/mol. The van der Waals surface area contributed by atoms with Crippen molar-refractivity contribution >= 4 is 24.3 Å². The molecule has 0 bridgehead atoms. The minimum atomic E-state index is -0.458. The van der Waals surface area contributed by atoms with E-state index >= 15 is 0 Å². The molecular weight excluding hydrogens is 226 g/mol. The number of hydrogen-bond donors (Lipinski definition) is 0. The first-order chi connectivity index (χ1) is 7.63. The van der Waals surface area contributed by atoms with Gasteiger partial charge in [-0.3, -0.25) is 0 Å². The normalized spacial score (nSPS) is 12.0. The zero-order valence-corrected chi connectivity index (χ0v) is 9.49. The summed E-state index contributed by atoms with van der Waals surface area (Å²) >= 11 is 5.87. The number of benzene rings is 1. The Morgan fingerprint density at radius 3 is 2.81 bits per heavy atom. The van der Waals surface area contributed by atoms with Gasteiger partial charge in [0.25, 0.3) is 0 Å². The summed E-state index contributed by atoms with van der Waals surface area (Å²) < 4.78 is 6.43. The fourth-order valence-electron chi connectivity index (χ4n) is 1.52. The Kier molecular flexibility index (Phi) is 2.71. The van der Waals surface area contributed by atoms with E-state index in [1.807, 2.05) is 0 Å². The largest absolute Gasteiger partial charge is 0.424 e. The third kappa shape index (κ3) is 1.70. The first-order valence-corrected chi connectivity index (χ1v) is 5.14. The molecular formula is C12H10ClNO2. The Morgan fingerprint density at radius 1 is 1.50 bits per heavy atom. The maximum Gasteiger partial charge on any atom is 0.424 e. The number of nitrogens with zero attached hydrogens (tertiary/aromatic N) is 1. The standard InChI is InChI=1S/C12H10ClNO2/c1-3-11-8(2)14(12(15)16-11)10-6-4-5-9(13)7-10/h3-7H,2H2,1H3/b11-3-. The highest BCUT2D eigenvalue weighted by molar-refractivity contribution is 6.30. The van der Waals surface area contributed by atoms with Crippen LogP contribution in [0.1, 0.15) is 6.92 Å². The molecule has 0 saturated heterocycles. The van der Waals surface area contributed by atoms with Gasteiger partial charge in [0.2, 0.25) is 0 Å². The van der Waals surface area contributed by atoms with Crippen molar-refractivity contribution in [3.8, 4) is 5.69 Å². The fraction of sp³-hybridized carbons (Fsp3) is 0.0833. The summed E-state index contributed by atoms with van der Waals surface area (Å²) in [5.74, 6) is -0.458. The molecule has 0 atom stereocenters. The Bertz CT molecular complexity index is 682. The van der Waals surface area contributed by atoms with Gasteiger partial charge in [-0.05, 0) is 31.2 Å². The molecule has 2 rings (SSSR count). The molecule has 2 aromatic rings. The summed E-state index contributed by atoms with van der Waals surface area (Å²) in [4.78, 5) is 11.6. The number of aromatic nitrogens is 1. The number of hydrogen-bond acceptors (Lipinski definition) is 2. The summed E-state index contributed by atoms with van der Waals surface area (Å²) in [6.45, 7) is 5.60. The first kappa shape index (κ1) is 10.8. The minimum Gasteiger partial charge on any atom is -0.408 e. The van der Waals surface area contributed by atoms with Gasteiger partial charge in [-0.15, -0.1) is 0 Å². The number of halogens is 1. The Balaban J connectivity index is 2.80. The van der Waals surface area contributed by atoms with Crippen LogP contribution in [0, 0.1) is 0 Å². The molecule has 0 saturated carbocycles. The molecule has 82 valence electrons. The van der Waals surface area contributed by atoms with Crippen LogP contribution in [0.2, 0.25) is 5.02 Å². The van der Waals surface area contributed by atoms with E-state index in [0.717, 1.165) is 0 Å². The van der Waals surface area contributed by atoms with Crippen molar-refractivity contribution in [3.63, 3.8) is 0 Å². The van der Waals surface area contributed by atoms with Gasteiger partial charge in [0, 0.05) is 5.02 Å². The van der Waals surface area contributed by atoms with Crippen molar-refractivity contribution in [2.24, 2.45) is 0 Å². The first-order valence-electron chi connectivity index (χ1n) is 4.76. The van der Waals surface area contributed by atoms with Crippen LogP contribution < -0.4 is 16.5 Å². The highest BCUT2D eigenvalue weighted by Crippen LogP contribution is 2.11. The Labute approximate surface area is 96.9 Å². The maximum absolute atomic E-state index is 11.6. The van der Waals surface area contributed by atoms with Gasteiger partial charge in [-0.1, -0.05) is 24.2 Å². The summed E-state index contributed by atoms with van der Waals surface area (Å²) in [5.41, 5.74) is 1.13. The number of rotatable bonds is 1. The van der Waals surface area contributed by atoms with Gasteiger partial charge in [-0.25, -0.2) is 9.36 Å². The lowest BCUT2D eigenvalue weighted by Gasteiger charge is -1.99. The van der Waals surface area contributed by atoms with Gasteiger partial charge < -0.3 is 4.42 Å². The van der Waals surface area contributed by atoms with Gasteiger partial charge in [0.05, 0.1) is 11.0 Å². The highest BCUT2D eigenvalue weighted by Gasteiger charge is 2.06. The molecule has 0 radical (unpaired) electrons.